The highest BCUT2D eigenvalue weighted by molar-refractivity contribution is 5.77. The molecule has 0 aromatic rings. The smallest absolute Gasteiger partial charge is 0.234 e. The van der Waals surface area contributed by atoms with Crippen molar-refractivity contribution in [1.82, 2.24) is 10.2 Å². The average molecular weight is 202 g/mol. The van der Waals surface area contributed by atoms with E-state index in [1.165, 1.54) is 0 Å². The van der Waals surface area contributed by atoms with E-state index >= 15 is 0 Å². The topological polar surface area (TPSA) is 58.6 Å². The molecule has 0 radical (unpaired) electrons. The number of carbonyl (C=O) groups is 2. The van der Waals surface area contributed by atoms with Gasteiger partial charge in [-0.25, -0.2) is 0 Å². The number of methoxy groups -OCH3 is 1. The summed E-state index contributed by atoms with van der Waals surface area (Å²) in [6, 6.07) is 0. The summed E-state index contributed by atoms with van der Waals surface area (Å²) >= 11 is 0. The number of nitrogens with one attached hydrogen (secondary N) is 1. The Bertz CT molecular complexity index is 173. The van der Waals surface area contributed by atoms with Gasteiger partial charge in [-0.3, -0.25) is 9.69 Å². The van der Waals surface area contributed by atoms with Crippen LogP contribution < -0.4 is 5.32 Å². The van der Waals surface area contributed by atoms with Crippen molar-refractivity contribution < 1.29 is 14.3 Å². The summed E-state index contributed by atoms with van der Waals surface area (Å²) in [5, 5.41) is 2.70. The summed E-state index contributed by atoms with van der Waals surface area (Å²) < 4.78 is 4.79. The van der Waals surface area contributed by atoms with E-state index < -0.39 is 0 Å². The lowest BCUT2D eigenvalue weighted by Crippen LogP contribution is -2.37. The Labute approximate surface area is 84.4 Å². The maximum Gasteiger partial charge on any atom is 0.234 e. The van der Waals surface area contributed by atoms with Crippen LogP contribution in [0.5, 0.6) is 0 Å². The van der Waals surface area contributed by atoms with Crippen molar-refractivity contribution in [2.45, 2.75) is 6.42 Å². The highest BCUT2D eigenvalue weighted by atomic mass is 16.5. The second-order valence-electron chi connectivity index (χ2n) is 3.04. The minimum atomic E-state index is -0.0459. The number of carbonyl (C=O) groups excluding carboxylic acids is 2. The van der Waals surface area contributed by atoms with Crippen LogP contribution in [-0.4, -0.2) is 57.5 Å². The summed E-state index contributed by atoms with van der Waals surface area (Å²) in [6.07, 6.45) is 1.31. The second-order valence-corrected chi connectivity index (χ2v) is 3.04. The molecular formula is C9H18N2O3. The Balaban J connectivity index is 3.44. The molecule has 0 unspecified atom stereocenters. The van der Waals surface area contributed by atoms with Crippen molar-refractivity contribution >= 4 is 12.2 Å². The summed E-state index contributed by atoms with van der Waals surface area (Å²) in [4.78, 5) is 23.1. The molecule has 0 aromatic heterocycles. The lowest BCUT2D eigenvalue weighted by atomic mass is 10.4. The fourth-order valence-electron chi connectivity index (χ4n) is 0.946. The standard InChI is InChI=1S/C9H18N2O3/c1-11(5-3-6-12)8-9(13)10-4-7-14-2/h6H,3-5,7-8H2,1-2H3,(H,10,13). The molecule has 0 aromatic carbocycles. The molecule has 1 N–H and O–H groups in total. The Kier molecular flexibility index (Phi) is 8.07. The van der Waals surface area contributed by atoms with Crippen LogP contribution in [0.3, 0.4) is 0 Å². The Hall–Kier alpha value is -0.940. The zero-order valence-corrected chi connectivity index (χ0v) is 8.78. The third-order valence-corrected chi connectivity index (χ3v) is 1.67. The van der Waals surface area contributed by atoms with E-state index in [1.807, 2.05) is 0 Å². The zero-order chi connectivity index (χ0) is 10.8. The predicted octanol–water partition coefficient (Wildman–Crippen LogP) is -0.730. The fourth-order valence-corrected chi connectivity index (χ4v) is 0.946. The van der Waals surface area contributed by atoms with Crippen molar-refractivity contribution in [3.8, 4) is 0 Å². The molecule has 0 aliphatic carbocycles. The quantitative estimate of drug-likeness (QED) is 0.416. The van der Waals surface area contributed by atoms with Gasteiger partial charge in [0, 0.05) is 26.6 Å². The van der Waals surface area contributed by atoms with E-state index in [0.29, 0.717) is 32.7 Å². The molecule has 0 spiro atoms. The van der Waals surface area contributed by atoms with Gasteiger partial charge < -0.3 is 14.8 Å². The number of ether oxygens (including phenoxy) is 1. The maximum atomic E-state index is 11.2. The fraction of sp³-hybridized carbons (Fsp3) is 0.778. The van der Waals surface area contributed by atoms with Gasteiger partial charge in [0.15, 0.2) is 0 Å². The number of likely N-dealkylation sites (N-methyl/N-ethyl adjacent to an activating group) is 1. The molecule has 5 nitrogen and oxygen atoms in total. The highest BCUT2D eigenvalue weighted by Gasteiger charge is 2.04. The molecule has 0 atom stereocenters. The minimum absolute atomic E-state index is 0.0459. The normalized spacial score (nSPS) is 10.2. The van der Waals surface area contributed by atoms with Crippen LogP contribution in [0, 0.1) is 0 Å². The SMILES string of the molecule is COCCNC(=O)CN(C)CCC=O. The monoisotopic (exact) mass is 202 g/mol. The largest absolute Gasteiger partial charge is 0.383 e. The first-order valence-corrected chi connectivity index (χ1v) is 4.58. The van der Waals surface area contributed by atoms with Gasteiger partial charge >= 0.3 is 0 Å². The summed E-state index contributed by atoms with van der Waals surface area (Å²) in [5.74, 6) is -0.0459. The van der Waals surface area contributed by atoms with E-state index in [0.717, 1.165) is 6.29 Å². The molecule has 0 fully saturated rings. The number of hydrogen-bond acceptors (Lipinski definition) is 4. The molecular weight excluding hydrogens is 184 g/mol. The molecule has 82 valence electrons. The Morgan fingerprint density at radius 3 is 2.86 bits per heavy atom. The number of aldehydes is 1. The third-order valence-electron chi connectivity index (χ3n) is 1.67. The summed E-state index contributed by atoms with van der Waals surface area (Å²) in [7, 11) is 3.39. The van der Waals surface area contributed by atoms with Crippen LogP contribution in [0.25, 0.3) is 0 Å². The molecule has 1 amide bonds. The van der Waals surface area contributed by atoms with Gasteiger partial charge in [-0.05, 0) is 7.05 Å². The lowest BCUT2D eigenvalue weighted by Gasteiger charge is -2.14. The average Bonchev–Trinajstić information content (AvgIpc) is 2.15. The van der Waals surface area contributed by atoms with Gasteiger partial charge in [0.2, 0.25) is 5.91 Å². The molecule has 0 bridgehead atoms. The third kappa shape index (κ3) is 7.70. The molecule has 0 aliphatic heterocycles. The molecule has 0 rings (SSSR count). The number of hydrogen-bond donors (Lipinski definition) is 1. The van der Waals surface area contributed by atoms with Crippen molar-refractivity contribution in [3.05, 3.63) is 0 Å². The van der Waals surface area contributed by atoms with Crippen molar-refractivity contribution in [2.24, 2.45) is 0 Å². The minimum Gasteiger partial charge on any atom is -0.383 e. The van der Waals surface area contributed by atoms with Crippen LogP contribution in [0.4, 0.5) is 0 Å². The van der Waals surface area contributed by atoms with Gasteiger partial charge in [-0.1, -0.05) is 0 Å². The Morgan fingerprint density at radius 2 is 2.29 bits per heavy atom. The van der Waals surface area contributed by atoms with Gasteiger partial charge in [-0.2, -0.15) is 0 Å². The first-order chi connectivity index (χ1) is 6.70. The van der Waals surface area contributed by atoms with E-state index in [2.05, 4.69) is 5.32 Å². The summed E-state index contributed by atoms with van der Waals surface area (Å²) in [6.45, 7) is 1.97. The van der Waals surface area contributed by atoms with Crippen LogP contribution >= 0.6 is 0 Å². The van der Waals surface area contributed by atoms with Crippen molar-refractivity contribution in [2.75, 3.05) is 40.4 Å². The molecule has 5 heteroatoms. The van der Waals surface area contributed by atoms with Crippen LogP contribution in [0.2, 0.25) is 0 Å². The van der Waals surface area contributed by atoms with Gasteiger partial charge in [-0.15, -0.1) is 0 Å². The lowest BCUT2D eigenvalue weighted by molar-refractivity contribution is -0.122. The molecule has 0 aliphatic rings. The van der Waals surface area contributed by atoms with Crippen molar-refractivity contribution in [1.29, 1.82) is 0 Å². The van der Waals surface area contributed by atoms with Gasteiger partial charge in [0.1, 0.15) is 6.29 Å². The first-order valence-electron chi connectivity index (χ1n) is 4.58. The first kappa shape index (κ1) is 13.1. The van der Waals surface area contributed by atoms with E-state index in [9.17, 15) is 9.59 Å². The van der Waals surface area contributed by atoms with Crippen LogP contribution in [0.15, 0.2) is 0 Å². The van der Waals surface area contributed by atoms with E-state index in [1.54, 1.807) is 19.1 Å². The molecule has 14 heavy (non-hydrogen) atoms. The predicted molar refractivity (Wildman–Crippen MR) is 53.1 cm³/mol. The number of amides is 1. The van der Waals surface area contributed by atoms with Crippen LogP contribution in [-0.2, 0) is 14.3 Å². The highest BCUT2D eigenvalue weighted by Crippen LogP contribution is 1.84. The molecule has 0 saturated carbocycles. The molecule has 0 saturated heterocycles. The summed E-state index contributed by atoms with van der Waals surface area (Å²) in [5.41, 5.74) is 0. The maximum absolute atomic E-state index is 11.2. The van der Waals surface area contributed by atoms with Gasteiger partial charge in [0.05, 0.1) is 13.2 Å². The Morgan fingerprint density at radius 1 is 1.57 bits per heavy atom. The number of nitrogens with zero attached hydrogens (tertiary/aromatic N) is 1. The van der Waals surface area contributed by atoms with E-state index in [-0.39, 0.29) is 5.91 Å². The zero-order valence-electron chi connectivity index (χ0n) is 8.78. The van der Waals surface area contributed by atoms with Crippen molar-refractivity contribution in [3.63, 3.8) is 0 Å². The van der Waals surface area contributed by atoms with Crippen LogP contribution in [0.1, 0.15) is 6.42 Å². The second kappa shape index (κ2) is 8.65. The van der Waals surface area contributed by atoms with E-state index in [4.69, 9.17) is 4.74 Å². The van der Waals surface area contributed by atoms with Gasteiger partial charge in [0.25, 0.3) is 0 Å². The molecule has 0 heterocycles. The number of rotatable bonds is 8.